The Bertz CT molecular complexity index is 1220. The summed E-state index contributed by atoms with van der Waals surface area (Å²) in [5.74, 6) is 0. The van der Waals surface area contributed by atoms with Crippen molar-refractivity contribution in [3.8, 4) is 22.3 Å². The Labute approximate surface area is 160 Å². The van der Waals surface area contributed by atoms with Crippen LogP contribution in [-0.2, 0) is 0 Å². The number of para-hydroxylation sites is 1. The van der Waals surface area contributed by atoms with E-state index in [9.17, 15) is 0 Å². The summed E-state index contributed by atoms with van der Waals surface area (Å²) in [6.07, 6.45) is 0. The molecular weight excluding hydrogens is 384 g/mol. The van der Waals surface area contributed by atoms with Crippen LogP contribution in [-0.4, -0.2) is 0 Å². The molecule has 0 atom stereocenters. The molecule has 0 amide bonds. The highest BCUT2D eigenvalue weighted by atomic mass is 79.9. The van der Waals surface area contributed by atoms with E-state index in [1.807, 2.05) is 18.2 Å². The van der Waals surface area contributed by atoms with Gasteiger partial charge in [0.25, 0.3) is 0 Å². The molecule has 26 heavy (non-hydrogen) atoms. The fourth-order valence-electron chi connectivity index (χ4n) is 3.54. The molecule has 124 valence electrons. The van der Waals surface area contributed by atoms with Gasteiger partial charge in [-0.3, -0.25) is 0 Å². The van der Waals surface area contributed by atoms with Gasteiger partial charge in [0.2, 0.25) is 0 Å². The first-order valence-electron chi connectivity index (χ1n) is 8.57. The second kappa shape index (κ2) is 6.15. The molecule has 0 radical (unpaired) electrons. The molecule has 0 aliphatic heterocycles. The normalized spacial score (nSPS) is 11.3. The standard InChI is InChI=1S/C24H15BrO/c25-18-12-10-17(11-13-18)19-14-15-20(16-6-2-1-3-7-16)24-23(19)21-8-4-5-9-22(21)26-24/h1-15H. The highest BCUT2D eigenvalue weighted by Crippen LogP contribution is 2.41. The highest BCUT2D eigenvalue weighted by Gasteiger charge is 2.16. The number of halogens is 1. The van der Waals surface area contributed by atoms with Crippen molar-refractivity contribution in [3.63, 3.8) is 0 Å². The SMILES string of the molecule is Brc1ccc(-c2ccc(-c3ccccc3)c3oc4ccccc4c23)cc1. The molecular formula is C24H15BrO. The third-order valence-electron chi connectivity index (χ3n) is 4.77. The summed E-state index contributed by atoms with van der Waals surface area (Å²) in [7, 11) is 0. The van der Waals surface area contributed by atoms with Crippen LogP contribution in [0.3, 0.4) is 0 Å². The van der Waals surface area contributed by atoms with E-state index in [2.05, 4.69) is 88.7 Å². The zero-order valence-electron chi connectivity index (χ0n) is 13.9. The minimum absolute atomic E-state index is 0.921. The molecule has 0 saturated heterocycles. The molecule has 0 unspecified atom stereocenters. The van der Waals surface area contributed by atoms with Crippen molar-refractivity contribution in [2.45, 2.75) is 0 Å². The van der Waals surface area contributed by atoms with Crippen molar-refractivity contribution in [2.24, 2.45) is 0 Å². The average Bonchev–Trinajstić information content (AvgIpc) is 3.08. The molecule has 5 aromatic rings. The number of benzene rings is 4. The number of furan rings is 1. The van der Waals surface area contributed by atoms with E-state index in [-0.39, 0.29) is 0 Å². The Hall–Kier alpha value is -2.84. The third-order valence-corrected chi connectivity index (χ3v) is 5.29. The van der Waals surface area contributed by atoms with E-state index in [0.717, 1.165) is 26.6 Å². The maximum absolute atomic E-state index is 6.31. The maximum atomic E-state index is 6.31. The van der Waals surface area contributed by atoms with Crippen molar-refractivity contribution in [1.29, 1.82) is 0 Å². The van der Waals surface area contributed by atoms with Gasteiger partial charge >= 0.3 is 0 Å². The molecule has 1 aromatic heterocycles. The zero-order chi connectivity index (χ0) is 17.5. The summed E-state index contributed by atoms with van der Waals surface area (Å²) in [5.41, 5.74) is 6.53. The zero-order valence-corrected chi connectivity index (χ0v) is 15.5. The Kier molecular flexibility index (Phi) is 3.65. The van der Waals surface area contributed by atoms with Gasteiger partial charge in [0.05, 0.1) is 0 Å². The monoisotopic (exact) mass is 398 g/mol. The van der Waals surface area contributed by atoms with Crippen molar-refractivity contribution < 1.29 is 4.42 Å². The minimum Gasteiger partial charge on any atom is -0.455 e. The fourth-order valence-corrected chi connectivity index (χ4v) is 3.81. The Balaban J connectivity index is 1.89. The molecule has 0 aliphatic carbocycles. The molecule has 0 saturated carbocycles. The van der Waals surface area contributed by atoms with Crippen LogP contribution in [0.15, 0.2) is 99.9 Å². The number of hydrogen-bond acceptors (Lipinski definition) is 1. The number of hydrogen-bond donors (Lipinski definition) is 0. The second-order valence-electron chi connectivity index (χ2n) is 6.34. The molecule has 0 N–H and O–H groups in total. The maximum Gasteiger partial charge on any atom is 0.143 e. The van der Waals surface area contributed by atoms with Crippen molar-refractivity contribution >= 4 is 37.9 Å². The average molecular weight is 399 g/mol. The van der Waals surface area contributed by atoms with E-state index in [1.54, 1.807) is 0 Å². The quantitative estimate of drug-likeness (QED) is 0.297. The van der Waals surface area contributed by atoms with E-state index in [1.165, 1.54) is 22.1 Å². The van der Waals surface area contributed by atoms with Crippen molar-refractivity contribution in [1.82, 2.24) is 0 Å². The van der Waals surface area contributed by atoms with Gasteiger partial charge in [-0.05, 0) is 41.0 Å². The van der Waals surface area contributed by atoms with E-state index >= 15 is 0 Å². The third kappa shape index (κ3) is 2.46. The lowest BCUT2D eigenvalue weighted by Crippen LogP contribution is -1.83. The number of fused-ring (bicyclic) bond motifs is 3. The molecule has 0 fully saturated rings. The molecule has 4 aromatic carbocycles. The fraction of sp³-hybridized carbons (Fsp3) is 0. The van der Waals surface area contributed by atoms with Crippen LogP contribution < -0.4 is 0 Å². The van der Waals surface area contributed by atoms with Gasteiger partial charge in [-0.25, -0.2) is 0 Å². The summed E-state index contributed by atoms with van der Waals surface area (Å²) in [6, 6.07) is 31.5. The highest BCUT2D eigenvalue weighted by molar-refractivity contribution is 9.10. The van der Waals surface area contributed by atoms with Gasteiger partial charge in [0.15, 0.2) is 0 Å². The van der Waals surface area contributed by atoms with Crippen LogP contribution in [0.4, 0.5) is 0 Å². The second-order valence-corrected chi connectivity index (χ2v) is 7.25. The Morgan fingerprint density at radius 1 is 0.577 bits per heavy atom. The first kappa shape index (κ1) is 15.4. The van der Waals surface area contributed by atoms with E-state index in [0.29, 0.717) is 0 Å². The molecule has 2 heteroatoms. The summed E-state index contributed by atoms with van der Waals surface area (Å²) in [6.45, 7) is 0. The molecule has 0 bridgehead atoms. The first-order valence-corrected chi connectivity index (χ1v) is 9.36. The van der Waals surface area contributed by atoms with Crippen LogP contribution in [0.1, 0.15) is 0 Å². The van der Waals surface area contributed by atoms with Crippen LogP contribution in [0.25, 0.3) is 44.2 Å². The first-order chi connectivity index (χ1) is 12.8. The van der Waals surface area contributed by atoms with Crippen LogP contribution >= 0.6 is 15.9 Å². The van der Waals surface area contributed by atoms with Crippen molar-refractivity contribution in [3.05, 3.63) is 95.5 Å². The summed E-state index contributed by atoms with van der Waals surface area (Å²) >= 11 is 3.52. The molecule has 0 aliphatic rings. The summed E-state index contributed by atoms with van der Waals surface area (Å²) in [5, 5.41) is 2.32. The van der Waals surface area contributed by atoms with Crippen LogP contribution in [0, 0.1) is 0 Å². The lowest BCUT2D eigenvalue weighted by atomic mass is 9.95. The predicted molar refractivity (Wildman–Crippen MR) is 112 cm³/mol. The summed E-state index contributed by atoms with van der Waals surface area (Å²) in [4.78, 5) is 0. The van der Waals surface area contributed by atoms with Crippen LogP contribution in [0.2, 0.25) is 0 Å². The largest absolute Gasteiger partial charge is 0.455 e. The smallest absolute Gasteiger partial charge is 0.143 e. The molecule has 0 spiro atoms. The molecule has 1 heterocycles. The van der Waals surface area contributed by atoms with Crippen LogP contribution in [0.5, 0.6) is 0 Å². The molecule has 1 nitrogen and oxygen atoms in total. The van der Waals surface area contributed by atoms with Gasteiger partial charge in [0.1, 0.15) is 11.2 Å². The number of rotatable bonds is 2. The lowest BCUT2D eigenvalue weighted by Gasteiger charge is -2.08. The topological polar surface area (TPSA) is 13.1 Å². The van der Waals surface area contributed by atoms with Gasteiger partial charge in [0, 0.05) is 20.8 Å². The van der Waals surface area contributed by atoms with Crippen molar-refractivity contribution in [2.75, 3.05) is 0 Å². The summed E-state index contributed by atoms with van der Waals surface area (Å²) < 4.78 is 7.39. The van der Waals surface area contributed by atoms with E-state index < -0.39 is 0 Å². The Morgan fingerprint density at radius 3 is 2.04 bits per heavy atom. The van der Waals surface area contributed by atoms with Gasteiger partial charge < -0.3 is 4.42 Å². The Morgan fingerprint density at radius 2 is 1.23 bits per heavy atom. The van der Waals surface area contributed by atoms with E-state index in [4.69, 9.17) is 4.42 Å². The van der Waals surface area contributed by atoms with Gasteiger partial charge in [-0.2, -0.15) is 0 Å². The minimum atomic E-state index is 0.921. The van der Waals surface area contributed by atoms with Gasteiger partial charge in [-0.15, -0.1) is 0 Å². The predicted octanol–water partition coefficient (Wildman–Crippen LogP) is 7.68. The molecule has 5 rings (SSSR count). The lowest BCUT2D eigenvalue weighted by molar-refractivity contribution is 0.670. The van der Waals surface area contributed by atoms with Gasteiger partial charge in [-0.1, -0.05) is 82.7 Å².